The minimum absolute atomic E-state index is 0.0559. The van der Waals surface area contributed by atoms with E-state index in [2.05, 4.69) is 35.4 Å². The zero-order chi connectivity index (χ0) is 26.8. The quantitative estimate of drug-likeness (QED) is 0.473. The number of ether oxygens (including phenoxy) is 1. The lowest BCUT2D eigenvalue weighted by Gasteiger charge is -2.34. The molecule has 5 rings (SSSR count). The Labute approximate surface area is 223 Å². The number of rotatable bonds is 7. The summed E-state index contributed by atoms with van der Waals surface area (Å²) in [6.07, 6.45) is 0.439. The Hall–Kier alpha value is -3.81. The fraction of sp³-hybridized carbons (Fsp3) is 0.357. The Morgan fingerprint density at radius 1 is 1.26 bits per heavy atom. The lowest BCUT2D eigenvalue weighted by atomic mass is 10.0. The molecule has 3 unspecified atom stereocenters. The number of nitrogens with one attached hydrogen (secondary N) is 1. The number of hydrogen-bond donors (Lipinski definition) is 2. The number of carbonyl (C=O) groups is 2. The van der Waals surface area contributed by atoms with Gasteiger partial charge in [0.2, 0.25) is 11.8 Å². The number of aryl methyl sites for hydroxylation is 1. The number of anilines is 1. The third-order valence-electron chi connectivity index (χ3n) is 6.95. The van der Waals surface area contributed by atoms with Crippen LogP contribution in [0.3, 0.4) is 0 Å². The van der Waals surface area contributed by atoms with Crippen molar-refractivity contribution >= 4 is 29.0 Å². The molecule has 8 nitrogen and oxygen atoms in total. The van der Waals surface area contributed by atoms with E-state index in [4.69, 9.17) is 9.84 Å². The van der Waals surface area contributed by atoms with Crippen molar-refractivity contribution < 1.29 is 23.8 Å². The lowest BCUT2D eigenvalue weighted by Crippen LogP contribution is -2.50. The normalized spacial score (nSPS) is 22.4. The van der Waals surface area contributed by atoms with Crippen molar-refractivity contribution in [3.8, 4) is 22.9 Å². The molecule has 1 aliphatic heterocycles. The van der Waals surface area contributed by atoms with Crippen LogP contribution in [0.15, 0.2) is 48.7 Å². The van der Waals surface area contributed by atoms with Crippen molar-refractivity contribution in [2.75, 3.05) is 25.0 Å². The number of amides is 2. The van der Waals surface area contributed by atoms with Crippen molar-refractivity contribution in [2.24, 2.45) is 5.92 Å². The summed E-state index contributed by atoms with van der Waals surface area (Å²) in [5.41, 5.74) is 1.74. The first-order chi connectivity index (χ1) is 18.4. The second kappa shape index (κ2) is 10.9. The zero-order valence-corrected chi connectivity index (χ0v) is 21.6. The summed E-state index contributed by atoms with van der Waals surface area (Å²) in [6.45, 7) is 1.50. The molecule has 1 aromatic carbocycles. The first kappa shape index (κ1) is 25.8. The number of likely N-dealkylation sites (tertiary alicyclic amines) is 1. The number of aliphatic hydroxyl groups excluding tert-OH is 1. The van der Waals surface area contributed by atoms with E-state index in [0.29, 0.717) is 5.82 Å². The van der Waals surface area contributed by atoms with Crippen LogP contribution in [-0.2, 0) is 9.59 Å². The summed E-state index contributed by atoms with van der Waals surface area (Å²) < 4.78 is 20.5. The smallest absolute Gasteiger partial charge is 0.248 e. The number of aromatic nitrogens is 1. The first-order valence-electron chi connectivity index (χ1n) is 12.4. The minimum atomic E-state index is -1.44. The van der Waals surface area contributed by atoms with Crippen molar-refractivity contribution in [3.05, 3.63) is 64.0 Å². The average Bonchev–Trinajstić information content (AvgIpc) is 3.62. The second-order valence-electron chi connectivity index (χ2n) is 9.60. The molecule has 38 heavy (non-hydrogen) atoms. The number of hydrogen-bond acceptors (Lipinski definition) is 7. The number of thiophene rings is 1. The number of piperidine rings is 1. The number of pyridine rings is 1. The first-order valence-corrected chi connectivity index (χ1v) is 13.2. The molecule has 10 heteroatoms. The number of nitrogens with zero attached hydrogens (tertiary/aromatic N) is 3. The van der Waals surface area contributed by atoms with Crippen molar-refractivity contribution in [2.45, 2.75) is 38.0 Å². The number of aliphatic hydroxyl groups is 1. The zero-order valence-electron chi connectivity index (χ0n) is 20.8. The molecule has 4 atom stereocenters. The Morgan fingerprint density at radius 3 is 2.79 bits per heavy atom. The lowest BCUT2D eigenvalue weighted by molar-refractivity contribution is -0.138. The van der Waals surface area contributed by atoms with Crippen LogP contribution in [0.2, 0.25) is 0 Å². The highest BCUT2D eigenvalue weighted by Gasteiger charge is 2.44. The van der Waals surface area contributed by atoms with Crippen LogP contribution in [0, 0.1) is 24.2 Å². The fourth-order valence-electron chi connectivity index (χ4n) is 4.75. The standard InChI is InChI=1S/C28H27FN4O4S/c1-16-2-5-25(38-16)20-12-21(20)28(36)32-26-11-18(6-8-31-26)17-3-4-23(19(10-17)13-30)37-24-7-9-33(14-22(24)29)27(35)15-34/h2-6,8,10-11,20-22,24,34H,7,9,12,14-15H2,1H3,(H,31,32,36)/t20-,21?,22?,24?/m1/s1. The number of carbonyl (C=O) groups excluding carboxylic acids is 2. The van der Waals surface area contributed by atoms with Crippen LogP contribution in [-0.4, -0.2) is 58.8 Å². The van der Waals surface area contributed by atoms with Crippen LogP contribution < -0.4 is 10.1 Å². The molecule has 2 N–H and O–H groups in total. The largest absolute Gasteiger partial charge is 0.486 e. The fourth-order valence-corrected chi connectivity index (χ4v) is 5.81. The van der Waals surface area contributed by atoms with E-state index in [1.165, 1.54) is 14.7 Å². The minimum Gasteiger partial charge on any atom is -0.486 e. The number of halogens is 1. The Bertz CT molecular complexity index is 1400. The highest BCUT2D eigenvalue weighted by molar-refractivity contribution is 7.12. The summed E-state index contributed by atoms with van der Waals surface area (Å²) in [4.78, 5) is 32.4. The van der Waals surface area contributed by atoms with Gasteiger partial charge in [-0.05, 0) is 60.9 Å². The molecule has 1 aliphatic carbocycles. The summed E-state index contributed by atoms with van der Waals surface area (Å²) in [7, 11) is 0. The molecule has 1 saturated heterocycles. The Balaban J connectivity index is 1.25. The summed E-state index contributed by atoms with van der Waals surface area (Å²) >= 11 is 1.73. The molecule has 0 bridgehead atoms. The van der Waals surface area contributed by atoms with Gasteiger partial charge < -0.3 is 20.1 Å². The predicted octanol–water partition coefficient (Wildman–Crippen LogP) is 4.04. The van der Waals surface area contributed by atoms with E-state index < -0.39 is 24.8 Å². The monoisotopic (exact) mass is 534 g/mol. The molecule has 1 saturated carbocycles. The molecule has 2 fully saturated rings. The van der Waals surface area contributed by atoms with Crippen molar-refractivity contribution in [1.29, 1.82) is 5.26 Å². The van der Waals surface area contributed by atoms with E-state index in [1.807, 2.05) is 0 Å². The van der Waals surface area contributed by atoms with E-state index in [1.54, 1.807) is 47.9 Å². The van der Waals surface area contributed by atoms with Crippen molar-refractivity contribution in [1.82, 2.24) is 9.88 Å². The number of benzene rings is 1. The molecule has 196 valence electrons. The molecule has 0 spiro atoms. The van der Waals surface area contributed by atoms with Gasteiger partial charge in [-0.15, -0.1) is 11.3 Å². The molecule has 3 aromatic rings. The maximum absolute atomic E-state index is 14.7. The van der Waals surface area contributed by atoms with E-state index in [-0.39, 0.29) is 48.6 Å². The molecule has 2 aliphatic rings. The second-order valence-corrected chi connectivity index (χ2v) is 10.9. The van der Waals surface area contributed by atoms with Gasteiger partial charge in [0.05, 0.1) is 12.1 Å². The van der Waals surface area contributed by atoms with Gasteiger partial charge in [-0.1, -0.05) is 6.07 Å². The number of nitriles is 1. The van der Waals surface area contributed by atoms with E-state index >= 15 is 0 Å². The highest BCUT2D eigenvalue weighted by atomic mass is 32.1. The average molecular weight is 535 g/mol. The van der Waals surface area contributed by atoms with Crippen LogP contribution in [0.5, 0.6) is 5.75 Å². The molecular formula is C28H27FN4O4S. The third-order valence-corrected chi connectivity index (χ3v) is 8.08. The van der Waals surface area contributed by atoms with Gasteiger partial charge in [0, 0.05) is 40.8 Å². The van der Waals surface area contributed by atoms with Crippen LogP contribution in [0.4, 0.5) is 10.2 Å². The highest BCUT2D eigenvalue weighted by Crippen LogP contribution is 2.50. The van der Waals surface area contributed by atoms with Crippen LogP contribution >= 0.6 is 11.3 Å². The summed E-state index contributed by atoms with van der Waals surface area (Å²) in [6, 6.07) is 14.9. The van der Waals surface area contributed by atoms with Gasteiger partial charge in [0.25, 0.3) is 0 Å². The van der Waals surface area contributed by atoms with Gasteiger partial charge >= 0.3 is 0 Å². The van der Waals surface area contributed by atoms with Crippen LogP contribution in [0.25, 0.3) is 11.1 Å². The molecule has 3 heterocycles. The van der Waals surface area contributed by atoms with Gasteiger partial charge in [0.1, 0.15) is 30.3 Å². The Morgan fingerprint density at radius 2 is 2.08 bits per heavy atom. The molecule has 2 amide bonds. The summed E-state index contributed by atoms with van der Waals surface area (Å²) in [5, 5.41) is 21.6. The van der Waals surface area contributed by atoms with Gasteiger partial charge in [0.15, 0.2) is 6.17 Å². The van der Waals surface area contributed by atoms with E-state index in [9.17, 15) is 19.2 Å². The SMILES string of the molecule is Cc1ccc([C@@H]2CC2C(=O)Nc2cc(-c3ccc(OC4CCN(C(=O)CO)CC4F)c(C#N)c3)ccn2)s1. The molecule has 2 aromatic heterocycles. The van der Waals surface area contributed by atoms with Crippen molar-refractivity contribution in [3.63, 3.8) is 0 Å². The molecule has 0 radical (unpaired) electrons. The van der Waals surface area contributed by atoms with E-state index in [0.717, 1.165) is 17.5 Å². The van der Waals surface area contributed by atoms with Crippen LogP contribution in [0.1, 0.15) is 34.1 Å². The Kier molecular flexibility index (Phi) is 7.40. The van der Waals surface area contributed by atoms with Gasteiger partial charge in [-0.2, -0.15) is 5.26 Å². The molecular weight excluding hydrogens is 507 g/mol. The van der Waals surface area contributed by atoms with Gasteiger partial charge in [-0.25, -0.2) is 9.37 Å². The maximum atomic E-state index is 14.7. The van der Waals surface area contributed by atoms with Gasteiger partial charge in [-0.3, -0.25) is 9.59 Å². The summed E-state index contributed by atoms with van der Waals surface area (Å²) in [5.74, 6) is 0.318. The number of alkyl halides is 1. The maximum Gasteiger partial charge on any atom is 0.248 e. The topological polar surface area (TPSA) is 116 Å². The predicted molar refractivity (Wildman–Crippen MR) is 141 cm³/mol. The third kappa shape index (κ3) is 5.54.